The van der Waals surface area contributed by atoms with Gasteiger partial charge < -0.3 is 4.90 Å². The van der Waals surface area contributed by atoms with Gasteiger partial charge in [-0.25, -0.2) is 0 Å². The molecule has 27 heavy (non-hydrogen) atoms. The molecule has 1 aromatic heterocycles. The number of carbonyl (C=O) groups is 1. The van der Waals surface area contributed by atoms with Crippen LogP contribution in [-0.4, -0.2) is 50.7 Å². The molecule has 5 nitrogen and oxygen atoms in total. The average molecular weight is 367 g/mol. The summed E-state index contributed by atoms with van der Waals surface area (Å²) in [5.41, 5.74) is 3.08. The Kier molecular flexibility index (Phi) is 5.04. The van der Waals surface area contributed by atoms with Crippen LogP contribution < -0.4 is 0 Å². The normalized spacial score (nSPS) is 20.1. The number of aromatic nitrogens is 2. The first-order valence-electron chi connectivity index (χ1n) is 10.2. The molecule has 5 heteroatoms. The fraction of sp³-hybridized carbons (Fsp3) is 0.545. The first-order valence-corrected chi connectivity index (χ1v) is 10.2. The Morgan fingerprint density at radius 2 is 1.85 bits per heavy atom. The molecule has 1 saturated heterocycles. The second-order valence-corrected chi connectivity index (χ2v) is 8.21. The summed E-state index contributed by atoms with van der Waals surface area (Å²) >= 11 is 0. The van der Waals surface area contributed by atoms with Gasteiger partial charge in [-0.1, -0.05) is 49.6 Å². The average Bonchev–Trinajstić information content (AvgIpc) is 3.03. The van der Waals surface area contributed by atoms with E-state index in [0.717, 1.165) is 31.9 Å². The van der Waals surface area contributed by atoms with Crippen LogP contribution >= 0.6 is 0 Å². The molecule has 2 fully saturated rings. The molecule has 0 unspecified atom stereocenters. The summed E-state index contributed by atoms with van der Waals surface area (Å²) in [5.74, 6) is 0.0861. The fourth-order valence-corrected chi connectivity index (χ4v) is 4.75. The van der Waals surface area contributed by atoms with E-state index in [-0.39, 0.29) is 11.4 Å². The van der Waals surface area contributed by atoms with Crippen molar-refractivity contribution in [1.29, 1.82) is 0 Å². The van der Waals surface area contributed by atoms with Crippen molar-refractivity contribution in [3.05, 3.63) is 53.3 Å². The maximum Gasteiger partial charge on any atom is 0.274 e. The van der Waals surface area contributed by atoms with E-state index in [0.29, 0.717) is 5.69 Å². The second kappa shape index (κ2) is 7.47. The lowest BCUT2D eigenvalue weighted by Crippen LogP contribution is -2.63. The molecule has 0 bridgehead atoms. The molecular formula is C22H30N4O. The maximum atomic E-state index is 13.1. The molecule has 1 saturated carbocycles. The monoisotopic (exact) mass is 366 g/mol. The summed E-state index contributed by atoms with van der Waals surface area (Å²) in [6, 6.07) is 12.6. The summed E-state index contributed by atoms with van der Waals surface area (Å²) in [6.45, 7) is 5.51. The predicted molar refractivity (Wildman–Crippen MR) is 107 cm³/mol. The molecule has 1 spiro atoms. The molecule has 1 aromatic carbocycles. The first kappa shape index (κ1) is 18.2. The summed E-state index contributed by atoms with van der Waals surface area (Å²) in [5, 5.41) is 4.42. The molecule has 0 N–H and O–H groups in total. The van der Waals surface area contributed by atoms with Crippen LogP contribution in [0.2, 0.25) is 0 Å². The number of benzene rings is 1. The molecule has 0 atom stereocenters. The minimum absolute atomic E-state index is 0.0861. The molecular weight excluding hydrogens is 336 g/mol. The third-order valence-electron chi connectivity index (χ3n) is 6.42. The van der Waals surface area contributed by atoms with E-state index in [1.807, 2.05) is 20.0 Å². The van der Waals surface area contributed by atoms with Gasteiger partial charge in [-0.2, -0.15) is 5.10 Å². The van der Waals surface area contributed by atoms with Crippen LogP contribution in [0.4, 0.5) is 0 Å². The van der Waals surface area contributed by atoms with Crippen LogP contribution in [0.25, 0.3) is 0 Å². The molecule has 2 aromatic rings. The zero-order valence-corrected chi connectivity index (χ0v) is 16.5. The molecule has 0 radical (unpaired) electrons. The quantitative estimate of drug-likeness (QED) is 0.836. The van der Waals surface area contributed by atoms with Crippen LogP contribution in [0, 0.1) is 6.92 Å². The molecule has 2 heterocycles. The number of nitrogens with zero attached hydrogens (tertiary/aromatic N) is 4. The maximum absolute atomic E-state index is 13.1. The molecule has 1 aliphatic carbocycles. The largest absolute Gasteiger partial charge is 0.334 e. The standard InChI is InChI=1S/C22H30N4O/c1-18-15-20(23-24(18)2)21(27)25-13-14-26(16-19-9-5-3-6-10-19)22(17-25)11-7-4-8-12-22/h3,5-6,9-10,15H,4,7-8,11-14,16-17H2,1-2H3. The van der Waals surface area contributed by atoms with Gasteiger partial charge in [0.1, 0.15) is 0 Å². The van der Waals surface area contributed by atoms with Gasteiger partial charge in [0.05, 0.1) is 0 Å². The van der Waals surface area contributed by atoms with Crippen LogP contribution in [0.15, 0.2) is 36.4 Å². The van der Waals surface area contributed by atoms with Crippen molar-refractivity contribution in [3.63, 3.8) is 0 Å². The lowest BCUT2D eigenvalue weighted by atomic mass is 9.78. The molecule has 1 aliphatic heterocycles. The Balaban J connectivity index is 1.54. The summed E-state index contributed by atoms with van der Waals surface area (Å²) < 4.78 is 1.79. The van der Waals surface area contributed by atoms with Crippen LogP contribution in [0.1, 0.15) is 53.8 Å². The summed E-state index contributed by atoms with van der Waals surface area (Å²) in [4.78, 5) is 17.8. The van der Waals surface area contributed by atoms with Crippen molar-refractivity contribution in [2.24, 2.45) is 7.05 Å². The smallest absolute Gasteiger partial charge is 0.274 e. The van der Waals surface area contributed by atoms with Crippen molar-refractivity contribution in [1.82, 2.24) is 19.6 Å². The minimum atomic E-state index is 0.0861. The van der Waals surface area contributed by atoms with E-state index >= 15 is 0 Å². The Morgan fingerprint density at radius 3 is 2.52 bits per heavy atom. The fourth-order valence-electron chi connectivity index (χ4n) is 4.75. The van der Waals surface area contributed by atoms with Crippen molar-refractivity contribution in [3.8, 4) is 0 Å². The Morgan fingerprint density at radius 1 is 1.11 bits per heavy atom. The van der Waals surface area contributed by atoms with E-state index in [1.165, 1.54) is 37.7 Å². The van der Waals surface area contributed by atoms with Gasteiger partial charge in [0.2, 0.25) is 0 Å². The Labute approximate surface area is 162 Å². The van der Waals surface area contributed by atoms with Crippen molar-refractivity contribution in [2.75, 3.05) is 19.6 Å². The van der Waals surface area contributed by atoms with E-state index in [9.17, 15) is 4.79 Å². The van der Waals surface area contributed by atoms with E-state index in [2.05, 4.69) is 45.2 Å². The van der Waals surface area contributed by atoms with Gasteiger partial charge in [-0.15, -0.1) is 0 Å². The lowest BCUT2D eigenvalue weighted by molar-refractivity contribution is -0.0254. The van der Waals surface area contributed by atoms with Crippen LogP contribution in [0.5, 0.6) is 0 Å². The number of rotatable bonds is 3. The molecule has 144 valence electrons. The zero-order valence-electron chi connectivity index (χ0n) is 16.5. The molecule has 2 aliphatic rings. The van der Waals surface area contributed by atoms with E-state index in [1.54, 1.807) is 4.68 Å². The van der Waals surface area contributed by atoms with Gasteiger partial charge in [0.25, 0.3) is 5.91 Å². The summed E-state index contributed by atoms with van der Waals surface area (Å²) in [6.07, 6.45) is 6.20. The number of hydrogen-bond donors (Lipinski definition) is 0. The number of piperazine rings is 1. The minimum Gasteiger partial charge on any atom is -0.334 e. The third-order valence-corrected chi connectivity index (χ3v) is 6.42. The van der Waals surface area contributed by atoms with E-state index in [4.69, 9.17) is 0 Å². The van der Waals surface area contributed by atoms with Crippen molar-refractivity contribution >= 4 is 5.91 Å². The second-order valence-electron chi connectivity index (χ2n) is 8.21. The highest BCUT2D eigenvalue weighted by Crippen LogP contribution is 2.37. The highest BCUT2D eigenvalue weighted by Gasteiger charge is 2.43. The predicted octanol–water partition coefficient (Wildman–Crippen LogP) is 3.39. The third kappa shape index (κ3) is 3.65. The lowest BCUT2D eigenvalue weighted by Gasteiger charge is -2.53. The highest BCUT2D eigenvalue weighted by atomic mass is 16.2. The van der Waals surface area contributed by atoms with Gasteiger partial charge >= 0.3 is 0 Å². The highest BCUT2D eigenvalue weighted by molar-refractivity contribution is 5.92. The zero-order chi connectivity index (χ0) is 18.9. The first-order chi connectivity index (χ1) is 13.1. The topological polar surface area (TPSA) is 41.4 Å². The number of aryl methyl sites for hydroxylation is 2. The van der Waals surface area contributed by atoms with Crippen LogP contribution in [0.3, 0.4) is 0 Å². The van der Waals surface area contributed by atoms with E-state index < -0.39 is 0 Å². The van der Waals surface area contributed by atoms with Gasteiger partial charge in [-0.05, 0) is 31.4 Å². The number of amides is 1. The Bertz CT molecular complexity index is 772. The summed E-state index contributed by atoms with van der Waals surface area (Å²) in [7, 11) is 1.90. The number of carbonyl (C=O) groups excluding carboxylic acids is 1. The van der Waals surface area contributed by atoms with Gasteiger partial charge in [0, 0.05) is 44.5 Å². The van der Waals surface area contributed by atoms with Crippen molar-refractivity contribution < 1.29 is 4.79 Å². The van der Waals surface area contributed by atoms with Gasteiger partial charge in [-0.3, -0.25) is 14.4 Å². The molecule has 4 rings (SSSR count). The Hall–Kier alpha value is -2.14. The molecule has 1 amide bonds. The number of hydrogen-bond acceptors (Lipinski definition) is 3. The van der Waals surface area contributed by atoms with Crippen molar-refractivity contribution in [2.45, 2.75) is 51.1 Å². The van der Waals surface area contributed by atoms with Crippen LogP contribution in [-0.2, 0) is 13.6 Å². The SMILES string of the molecule is Cc1cc(C(=O)N2CCN(Cc3ccccc3)C3(CCCCC3)C2)nn1C. The van der Waals surface area contributed by atoms with Gasteiger partial charge in [0.15, 0.2) is 5.69 Å².